The molecule has 1 fully saturated rings. The standard InChI is InChI=1S/C20H20ClN3O4/c1-12-10-13(8-9-16(12)28-3)20(2)18(26)24(19(27)23-20)11-17(25)22-15-7-5-4-6-14(15)21/h4-10H,11H2,1-3H3,(H,22,25)(H,23,27). The number of hydrogen-bond acceptors (Lipinski definition) is 4. The third-order valence-electron chi connectivity index (χ3n) is 4.70. The Bertz CT molecular complexity index is 962. The molecule has 1 aliphatic heterocycles. The fraction of sp³-hybridized carbons (Fsp3) is 0.250. The molecule has 0 spiro atoms. The number of methoxy groups -OCH3 is 1. The number of anilines is 1. The molecule has 1 heterocycles. The highest BCUT2D eigenvalue weighted by atomic mass is 35.5. The molecule has 8 heteroatoms. The fourth-order valence-corrected chi connectivity index (χ4v) is 3.30. The van der Waals surface area contributed by atoms with Crippen molar-refractivity contribution in [2.75, 3.05) is 19.0 Å². The van der Waals surface area contributed by atoms with Crippen molar-refractivity contribution in [1.82, 2.24) is 10.2 Å². The predicted octanol–water partition coefficient (Wildman–Crippen LogP) is 3.06. The summed E-state index contributed by atoms with van der Waals surface area (Å²) in [6.07, 6.45) is 0. The minimum Gasteiger partial charge on any atom is -0.496 e. The van der Waals surface area contributed by atoms with Gasteiger partial charge in [0.1, 0.15) is 17.8 Å². The zero-order valence-corrected chi connectivity index (χ0v) is 16.5. The lowest BCUT2D eigenvalue weighted by Gasteiger charge is -2.23. The van der Waals surface area contributed by atoms with E-state index in [0.29, 0.717) is 22.0 Å². The van der Waals surface area contributed by atoms with Gasteiger partial charge in [0.15, 0.2) is 0 Å². The number of nitrogens with zero attached hydrogens (tertiary/aromatic N) is 1. The molecule has 0 aliphatic carbocycles. The fourth-order valence-electron chi connectivity index (χ4n) is 3.12. The molecule has 28 heavy (non-hydrogen) atoms. The van der Waals surface area contributed by atoms with Crippen molar-refractivity contribution in [3.8, 4) is 5.75 Å². The molecule has 1 saturated heterocycles. The summed E-state index contributed by atoms with van der Waals surface area (Å²) < 4.78 is 5.24. The summed E-state index contributed by atoms with van der Waals surface area (Å²) in [6, 6.07) is 11.3. The lowest BCUT2D eigenvalue weighted by molar-refractivity contribution is -0.133. The summed E-state index contributed by atoms with van der Waals surface area (Å²) in [6.45, 7) is 3.04. The van der Waals surface area contributed by atoms with Crippen molar-refractivity contribution in [3.63, 3.8) is 0 Å². The number of aryl methyl sites for hydroxylation is 1. The van der Waals surface area contributed by atoms with Crippen molar-refractivity contribution in [2.24, 2.45) is 0 Å². The van der Waals surface area contributed by atoms with E-state index in [1.807, 2.05) is 6.92 Å². The Morgan fingerprint density at radius 1 is 1.25 bits per heavy atom. The van der Waals surface area contributed by atoms with Gasteiger partial charge in [-0.3, -0.25) is 14.5 Å². The van der Waals surface area contributed by atoms with Gasteiger partial charge in [0.25, 0.3) is 5.91 Å². The Morgan fingerprint density at radius 3 is 2.61 bits per heavy atom. The molecule has 4 amide bonds. The molecule has 3 rings (SSSR count). The summed E-state index contributed by atoms with van der Waals surface area (Å²) >= 11 is 6.02. The van der Waals surface area contributed by atoms with Gasteiger partial charge in [-0.05, 0) is 49.2 Å². The molecule has 1 unspecified atom stereocenters. The molecule has 0 aromatic heterocycles. The van der Waals surface area contributed by atoms with Crippen molar-refractivity contribution in [3.05, 3.63) is 58.6 Å². The number of nitrogens with one attached hydrogen (secondary N) is 2. The summed E-state index contributed by atoms with van der Waals surface area (Å²) in [4.78, 5) is 38.6. The minimum absolute atomic E-state index is 0.367. The van der Waals surface area contributed by atoms with E-state index in [-0.39, 0.29) is 0 Å². The van der Waals surface area contributed by atoms with E-state index in [1.54, 1.807) is 56.5 Å². The molecular weight excluding hydrogens is 382 g/mol. The first-order valence-corrected chi connectivity index (χ1v) is 8.97. The van der Waals surface area contributed by atoms with Crippen LogP contribution in [0.2, 0.25) is 5.02 Å². The Kier molecular flexibility index (Phi) is 5.29. The summed E-state index contributed by atoms with van der Waals surface area (Å²) in [5, 5.41) is 5.66. The number of imide groups is 1. The van der Waals surface area contributed by atoms with Gasteiger partial charge in [0.2, 0.25) is 5.91 Å². The van der Waals surface area contributed by atoms with Gasteiger partial charge in [0, 0.05) is 0 Å². The number of carbonyl (C=O) groups excluding carboxylic acids is 3. The van der Waals surface area contributed by atoms with E-state index in [2.05, 4.69) is 10.6 Å². The molecule has 146 valence electrons. The highest BCUT2D eigenvalue weighted by Gasteiger charge is 2.49. The Balaban J connectivity index is 1.78. The second-order valence-corrected chi connectivity index (χ2v) is 7.07. The molecular formula is C20H20ClN3O4. The van der Waals surface area contributed by atoms with Crippen molar-refractivity contribution in [2.45, 2.75) is 19.4 Å². The van der Waals surface area contributed by atoms with Gasteiger partial charge >= 0.3 is 6.03 Å². The number of rotatable bonds is 5. The number of urea groups is 1. The maximum atomic E-state index is 13.0. The Hall–Kier alpha value is -3.06. The number of halogens is 1. The topological polar surface area (TPSA) is 87.7 Å². The van der Waals surface area contributed by atoms with Crippen molar-refractivity contribution in [1.29, 1.82) is 0 Å². The molecule has 2 aromatic carbocycles. The molecule has 1 atom stereocenters. The normalized spacial score (nSPS) is 18.8. The Labute approximate surface area is 167 Å². The second kappa shape index (κ2) is 7.52. The predicted molar refractivity (Wildman–Crippen MR) is 105 cm³/mol. The van der Waals surface area contributed by atoms with E-state index >= 15 is 0 Å². The molecule has 1 aliphatic rings. The quantitative estimate of drug-likeness (QED) is 0.754. The highest BCUT2D eigenvalue weighted by molar-refractivity contribution is 6.33. The highest BCUT2D eigenvalue weighted by Crippen LogP contribution is 2.31. The maximum Gasteiger partial charge on any atom is 0.325 e. The van der Waals surface area contributed by atoms with Crippen LogP contribution < -0.4 is 15.4 Å². The first kappa shape index (κ1) is 19.7. The van der Waals surface area contributed by atoms with Gasteiger partial charge in [-0.25, -0.2) is 4.79 Å². The summed E-state index contributed by atoms with van der Waals surface area (Å²) in [5.74, 6) is -0.344. The van der Waals surface area contributed by atoms with E-state index < -0.39 is 29.9 Å². The van der Waals surface area contributed by atoms with Crippen LogP contribution in [0, 0.1) is 6.92 Å². The number of ether oxygens (including phenoxy) is 1. The van der Waals surface area contributed by atoms with Crippen LogP contribution in [0.5, 0.6) is 5.75 Å². The van der Waals surface area contributed by atoms with Crippen LogP contribution in [-0.2, 0) is 15.1 Å². The smallest absolute Gasteiger partial charge is 0.325 e. The van der Waals surface area contributed by atoms with Gasteiger partial charge in [0.05, 0.1) is 17.8 Å². The Morgan fingerprint density at radius 2 is 1.96 bits per heavy atom. The maximum absolute atomic E-state index is 13.0. The second-order valence-electron chi connectivity index (χ2n) is 6.66. The van der Waals surface area contributed by atoms with E-state index in [0.717, 1.165) is 10.5 Å². The summed E-state index contributed by atoms with van der Waals surface area (Å²) in [7, 11) is 1.56. The van der Waals surface area contributed by atoms with Crippen LogP contribution in [0.25, 0.3) is 0 Å². The third kappa shape index (κ3) is 3.53. The lowest BCUT2D eigenvalue weighted by atomic mass is 9.90. The van der Waals surface area contributed by atoms with Crippen LogP contribution in [0.3, 0.4) is 0 Å². The summed E-state index contributed by atoms with van der Waals surface area (Å²) in [5.41, 5.74) is 0.588. The van der Waals surface area contributed by atoms with E-state index in [9.17, 15) is 14.4 Å². The molecule has 2 N–H and O–H groups in total. The van der Waals surface area contributed by atoms with Crippen LogP contribution in [-0.4, -0.2) is 36.4 Å². The first-order chi connectivity index (χ1) is 13.3. The number of benzene rings is 2. The monoisotopic (exact) mass is 401 g/mol. The van der Waals surface area contributed by atoms with E-state index in [4.69, 9.17) is 16.3 Å². The number of para-hydroxylation sites is 1. The van der Waals surface area contributed by atoms with Crippen molar-refractivity contribution >= 4 is 35.1 Å². The molecule has 7 nitrogen and oxygen atoms in total. The van der Waals surface area contributed by atoms with Gasteiger partial charge in [-0.1, -0.05) is 29.8 Å². The zero-order valence-electron chi connectivity index (χ0n) is 15.7. The number of amides is 4. The van der Waals surface area contributed by atoms with Crippen LogP contribution in [0.1, 0.15) is 18.1 Å². The minimum atomic E-state index is -1.27. The lowest BCUT2D eigenvalue weighted by Crippen LogP contribution is -2.42. The number of carbonyl (C=O) groups is 3. The molecule has 0 bridgehead atoms. The molecule has 2 aromatic rings. The van der Waals surface area contributed by atoms with E-state index in [1.165, 1.54) is 0 Å². The average molecular weight is 402 g/mol. The molecule has 0 radical (unpaired) electrons. The molecule has 0 saturated carbocycles. The van der Waals surface area contributed by atoms with Crippen molar-refractivity contribution < 1.29 is 19.1 Å². The third-order valence-corrected chi connectivity index (χ3v) is 5.03. The van der Waals surface area contributed by atoms with Crippen LogP contribution in [0.4, 0.5) is 10.5 Å². The van der Waals surface area contributed by atoms with Gasteiger partial charge in [-0.15, -0.1) is 0 Å². The zero-order chi connectivity index (χ0) is 20.5. The van der Waals surface area contributed by atoms with Gasteiger partial charge in [-0.2, -0.15) is 0 Å². The average Bonchev–Trinajstić information content (AvgIpc) is 2.87. The van der Waals surface area contributed by atoms with Gasteiger partial charge < -0.3 is 15.4 Å². The number of hydrogen-bond donors (Lipinski definition) is 2. The largest absolute Gasteiger partial charge is 0.496 e. The first-order valence-electron chi connectivity index (χ1n) is 8.60. The van der Waals surface area contributed by atoms with Crippen LogP contribution >= 0.6 is 11.6 Å². The van der Waals surface area contributed by atoms with Crippen LogP contribution in [0.15, 0.2) is 42.5 Å². The SMILES string of the molecule is COc1ccc(C2(C)NC(=O)N(CC(=O)Nc3ccccc3Cl)C2=O)cc1C.